The van der Waals surface area contributed by atoms with Crippen LogP contribution < -0.4 is 16.4 Å². The molecule has 0 bridgehead atoms. The van der Waals surface area contributed by atoms with E-state index in [1.54, 1.807) is 24.4 Å². The molecule has 0 aliphatic carbocycles. The molecule has 3 N–H and O–H groups in total. The van der Waals surface area contributed by atoms with E-state index in [-0.39, 0.29) is 40.8 Å². The number of carbonyl (C=O) groups is 1. The van der Waals surface area contributed by atoms with Crippen molar-refractivity contribution in [2.24, 2.45) is 0 Å². The van der Waals surface area contributed by atoms with Gasteiger partial charge in [-0.15, -0.1) is 0 Å². The van der Waals surface area contributed by atoms with Gasteiger partial charge in [-0.2, -0.15) is 0 Å². The molecule has 0 unspecified atom stereocenters. The van der Waals surface area contributed by atoms with Crippen molar-refractivity contribution in [1.82, 2.24) is 19.3 Å². The summed E-state index contributed by atoms with van der Waals surface area (Å²) in [4.78, 5) is 29.9. The molecule has 8 nitrogen and oxygen atoms in total. The fraction of sp³-hybridized carbons (Fsp3) is 0.368. The molecule has 3 aromatic rings. The first-order chi connectivity index (χ1) is 13.1. The van der Waals surface area contributed by atoms with Crippen molar-refractivity contribution in [3.8, 4) is 0 Å². The van der Waals surface area contributed by atoms with Crippen LogP contribution in [0.3, 0.4) is 0 Å². The number of fused-ring (bicyclic) bond motifs is 2. The summed E-state index contributed by atoms with van der Waals surface area (Å²) in [6, 6.07) is 6.62. The first-order valence-corrected chi connectivity index (χ1v) is 9.07. The van der Waals surface area contributed by atoms with Gasteiger partial charge in [-0.3, -0.25) is 19.4 Å². The van der Waals surface area contributed by atoms with Crippen LogP contribution in [0.2, 0.25) is 0 Å². The molecule has 0 saturated heterocycles. The highest BCUT2D eigenvalue weighted by Gasteiger charge is 2.17. The number of unbranched alkanes of at least 4 members (excludes halogenated alkanes) is 2. The van der Waals surface area contributed by atoms with Gasteiger partial charge in [-0.1, -0.05) is 25.8 Å². The lowest BCUT2D eigenvalue weighted by Crippen LogP contribution is -2.35. The number of aliphatic hydroxyl groups excluding tert-OH is 1. The number of hydrogen-bond donors (Lipinski definition) is 3. The normalized spacial score (nSPS) is 11.2. The van der Waals surface area contributed by atoms with Gasteiger partial charge in [0.1, 0.15) is 16.8 Å². The van der Waals surface area contributed by atoms with E-state index in [1.165, 1.54) is 15.0 Å². The van der Waals surface area contributed by atoms with E-state index in [9.17, 15) is 14.7 Å². The van der Waals surface area contributed by atoms with Crippen LogP contribution in [0, 0.1) is 5.41 Å². The fourth-order valence-electron chi connectivity index (χ4n) is 3.05. The molecular weight excluding hydrogens is 346 g/mol. The maximum Gasteiger partial charge on any atom is 0.267 e. The highest BCUT2D eigenvalue weighted by Crippen LogP contribution is 2.10. The molecule has 0 saturated carbocycles. The van der Waals surface area contributed by atoms with Crippen molar-refractivity contribution in [3.63, 3.8) is 0 Å². The molecule has 0 aromatic carbocycles. The van der Waals surface area contributed by atoms with E-state index in [4.69, 9.17) is 5.41 Å². The van der Waals surface area contributed by atoms with Crippen LogP contribution in [0.4, 0.5) is 0 Å². The SMILES string of the molecule is CCCCCNC(=O)c1cc2c(=O)n3ccccc3nc2n(CCO)c1=N. The zero-order chi connectivity index (χ0) is 19.4. The summed E-state index contributed by atoms with van der Waals surface area (Å²) in [7, 11) is 0. The van der Waals surface area contributed by atoms with Gasteiger partial charge in [-0.25, -0.2) is 4.98 Å². The van der Waals surface area contributed by atoms with Crippen molar-refractivity contribution >= 4 is 22.6 Å². The zero-order valence-electron chi connectivity index (χ0n) is 15.2. The predicted octanol–water partition coefficient (Wildman–Crippen LogP) is 1.04. The van der Waals surface area contributed by atoms with E-state index in [0.29, 0.717) is 12.2 Å². The molecule has 8 heteroatoms. The second kappa shape index (κ2) is 8.13. The molecule has 3 heterocycles. The second-order valence-electron chi connectivity index (χ2n) is 6.33. The van der Waals surface area contributed by atoms with Gasteiger partial charge in [0.15, 0.2) is 0 Å². The van der Waals surface area contributed by atoms with E-state index in [1.807, 2.05) is 0 Å². The highest BCUT2D eigenvalue weighted by atomic mass is 16.3. The summed E-state index contributed by atoms with van der Waals surface area (Å²) < 4.78 is 2.81. The fourth-order valence-corrected chi connectivity index (χ4v) is 3.05. The highest BCUT2D eigenvalue weighted by molar-refractivity contribution is 5.96. The van der Waals surface area contributed by atoms with Gasteiger partial charge in [0, 0.05) is 19.3 Å². The first kappa shape index (κ1) is 18.8. The Hall–Kier alpha value is -3.00. The molecular formula is C19H23N5O3. The van der Waals surface area contributed by atoms with Crippen molar-refractivity contribution < 1.29 is 9.90 Å². The van der Waals surface area contributed by atoms with Gasteiger partial charge in [0.05, 0.1) is 17.6 Å². The topological polar surface area (TPSA) is 112 Å². The Morgan fingerprint density at radius 3 is 2.89 bits per heavy atom. The minimum absolute atomic E-state index is 0.0712. The zero-order valence-corrected chi connectivity index (χ0v) is 15.2. The number of hydrogen-bond acceptors (Lipinski definition) is 5. The summed E-state index contributed by atoms with van der Waals surface area (Å²) in [6.07, 6.45) is 4.52. The van der Waals surface area contributed by atoms with Crippen LogP contribution in [-0.4, -0.2) is 38.1 Å². The smallest absolute Gasteiger partial charge is 0.267 e. The van der Waals surface area contributed by atoms with Gasteiger partial charge < -0.3 is 15.0 Å². The standard InChI is InChI=1S/C19H23N5O3/c1-2-3-5-8-21-18(26)13-12-14-17(24(10-11-25)16(13)20)22-15-7-4-6-9-23(15)19(14)27/h4,6-7,9,12,20,25H,2-3,5,8,10-11H2,1H3,(H,21,26). The van der Waals surface area contributed by atoms with E-state index >= 15 is 0 Å². The van der Waals surface area contributed by atoms with Gasteiger partial charge in [-0.05, 0) is 24.6 Å². The number of amides is 1. The molecule has 1 amide bonds. The van der Waals surface area contributed by atoms with Crippen molar-refractivity contribution in [1.29, 1.82) is 5.41 Å². The van der Waals surface area contributed by atoms with Crippen LogP contribution in [0.5, 0.6) is 0 Å². The summed E-state index contributed by atoms with van der Waals surface area (Å²) in [5, 5.41) is 20.8. The number of nitrogens with zero attached hydrogens (tertiary/aromatic N) is 3. The van der Waals surface area contributed by atoms with Crippen LogP contribution in [0.25, 0.3) is 16.7 Å². The van der Waals surface area contributed by atoms with Crippen LogP contribution >= 0.6 is 0 Å². The average Bonchev–Trinajstić information content (AvgIpc) is 2.67. The quantitative estimate of drug-likeness (QED) is 0.427. The number of nitrogens with one attached hydrogen (secondary N) is 2. The second-order valence-corrected chi connectivity index (χ2v) is 6.33. The molecule has 3 rings (SSSR count). The largest absolute Gasteiger partial charge is 0.395 e. The van der Waals surface area contributed by atoms with Crippen LogP contribution in [0.1, 0.15) is 36.5 Å². The Balaban J connectivity index is 2.18. The molecule has 0 fully saturated rings. The summed E-state index contributed by atoms with van der Waals surface area (Å²) in [6.45, 7) is 2.43. The molecule has 0 aliphatic rings. The summed E-state index contributed by atoms with van der Waals surface area (Å²) in [5.74, 6) is -0.401. The number of aliphatic hydroxyl groups is 1. The third-order valence-electron chi connectivity index (χ3n) is 4.45. The summed E-state index contributed by atoms with van der Waals surface area (Å²) in [5.41, 5.74) is 0.437. The molecule has 142 valence electrons. The van der Waals surface area contributed by atoms with E-state index < -0.39 is 5.91 Å². The monoisotopic (exact) mass is 369 g/mol. The molecule has 27 heavy (non-hydrogen) atoms. The first-order valence-electron chi connectivity index (χ1n) is 9.07. The van der Waals surface area contributed by atoms with E-state index in [2.05, 4.69) is 17.2 Å². The molecule has 0 spiro atoms. The third-order valence-corrected chi connectivity index (χ3v) is 4.45. The van der Waals surface area contributed by atoms with Crippen molar-refractivity contribution in [2.75, 3.05) is 13.2 Å². The average molecular weight is 369 g/mol. The minimum Gasteiger partial charge on any atom is -0.395 e. The Bertz CT molecular complexity index is 1100. The molecule has 0 aliphatic heterocycles. The maximum atomic E-state index is 12.9. The lowest BCUT2D eigenvalue weighted by molar-refractivity contribution is 0.0950. The van der Waals surface area contributed by atoms with Gasteiger partial charge in [0.2, 0.25) is 0 Å². The maximum absolute atomic E-state index is 12.9. The predicted molar refractivity (Wildman–Crippen MR) is 102 cm³/mol. The number of aromatic nitrogens is 3. The van der Waals surface area contributed by atoms with Crippen molar-refractivity contribution in [3.05, 3.63) is 51.9 Å². The Morgan fingerprint density at radius 2 is 2.15 bits per heavy atom. The molecule has 3 aromatic heterocycles. The molecule has 0 atom stereocenters. The Labute approximate surface area is 155 Å². The lowest BCUT2D eigenvalue weighted by Gasteiger charge is -2.14. The Morgan fingerprint density at radius 1 is 1.33 bits per heavy atom. The number of carbonyl (C=O) groups excluding carboxylic acids is 1. The van der Waals surface area contributed by atoms with Crippen LogP contribution in [-0.2, 0) is 6.54 Å². The number of pyridine rings is 2. The number of rotatable bonds is 7. The van der Waals surface area contributed by atoms with Gasteiger partial charge in [0.25, 0.3) is 11.5 Å². The lowest BCUT2D eigenvalue weighted by atomic mass is 10.2. The van der Waals surface area contributed by atoms with Crippen molar-refractivity contribution in [2.45, 2.75) is 32.7 Å². The van der Waals surface area contributed by atoms with Crippen LogP contribution in [0.15, 0.2) is 35.3 Å². The molecule has 0 radical (unpaired) electrons. The minimum atomic E-state index is -0.401. The Kier molecular flexibility index (Phi) is 5.66. The summed E-state index contributed by atoms with van der Waals surface area (Å²) >= 11 is 0. The van der Waals surface area contributed by atoms with E-state index in [0.717, 1.165) is 19.3 Å². The third kappa shape index (κ3) is 3.61. The van der Waals surface area contributed by atoms with Gasteiger partial charge >= 0.3 is 0 Å².